The number of aromatic nitrogens is 1. The van der Waals surface area contributed by atoms with Gasteiger partial charge in [0.1, 0.15) is 5.54 Å². The fourth-order valence-corrected chi connectivity index (χ4v) is 3.68. The summed E-state index contributed by atoms with van der Waals surface area (Å²) in [5.41, 5.74) is 13.6. The highest BCUT2D eigenvalue weighted by molar-refractivity contribution is 6.17. The van der Waals surface area contributed by atoms with Crippen molar-refractivity contribution in [2.24, 2.45) is 17.3 Å². The van der Waals surface area contributed by atoms with E-state index in [2.05, 4.69) is 6.58 Å². The standard InChI is InChI=1S/C21H21N5O2/c1-2-18(27)26-16-8-4-3-6-14(16)19-13(7-5-9-17(19)26)15(22)12-25(24)21(10-11-21)20(23)28/h2-9,12H,1,10-11,22,24H2,(H2,23,28)/b15-12-. The number of fused-ring (bicyclic) bond motifs is 3. The van der Waals surface area contributed by atoms with Crippen LogP contribution in [-0.4, -0.2) is 26.9 Å². The van der Waals surface area contributed by atoms with Crippen LogP contribution in [0.3, 0.4) is 0 Å². The third-order valence-electron chi connectivity index (χ3n) is 5.36. The Morgan fingerprint density at radius 1 is 1.07 bits per heavy atom. The molecule has 0 aliphatic heterocycles. The molecule has 1 aliphatic rings. The summed E-state index contributed by atoms with van der Waals surface area (Å²) in [6.07, 6.45) is 4.01. The summed E-state index contributed by atoms with van der Waals surface area (Å²) in [7, 11) is 0. The lowest BCUT2D eigenvalue weighted by Gasteiger charge is -2.23. The zero-order chi connectivity index (χ0) is 20.1. The van der Waals surface area contributed by atoms with Gasteiger partial charge in [-0.1, -0.05) is 36.9 Å². The molecule has 1 saturated carbocycles. The molecule has 0 bridgehead atoms. The molecule has 4 rings (SSSR count). The first kappa shape index (κ1) is 17.8. The fourth-order valence-electron chi connectivity index (χ4n) is 3.68. The minimum Gasteiger partial charge on any atom is -0.397 e. The maximum atomic E-state index is 12.5. The van der Waals surface area contributed by atoms with Crippen molar-refractivity contribution in [3.8, 4) is 0 Å². The van der Waals surface area contributed by atoms with E-state index in [0.717, 1.165) is 27.4 Å². The number of hydrazine groups is 1. The van der Waals surface area contributed by atoms with E-state index in [4.69, 9.17) is 17.3 Å². The third-order valence-corrected chi connectivity index (χ3v) is 5.36. The maximum Gasteiger partial charge on any atom is 0.254 e. The molecule has 1 heterocycles. The number of benzene rings is 2. The molecule has 0 unspecified atom stereocenters. The van der Waals surface area contributed by atoms with Gasteiger partial charge in [-0.2, -0.15) is 0 Å². The molecule has 1 amide bonds. The zero-order valence-corrected chi connectivity index (χ0v) is 15.3. The van der Waals surface area contributed by atoms with Gasteiger partial charge in [0.15, 0.2) is 0 Å². The second kappa shape index (κ2) is 6.24. The smallest absolute Gasteiger partial charge is 0.254 e. The van der Waals surface area contributed by atoms with Crippen molar-refractivity contribution in [1.82, 2.24) is 9.58 Å². The zero-order valence-electron chi connectivity index (χ0n) is 15.3. The summed E-state index contributed by atoms with van der Waals surface area (Å²) < 4.78 is 1.61. The molecule has 0 saturated heterocycles. The molecule has 1 aliphatic carbocycles. The molecule has 142 valence electrons. The van der Waals surface area contributed by atoms with E-state index in [0.29, 0.717) is 18.5 Å². The molecule has 1 aromatic heterocycles. The Bertz CT molecular complexity index is 1170. The average Bonchev–Trinajstić information content (AvgIpc) is 3.44. The molecule has 0 atom stereocenters. The van der Waals surface area contributed by atoms with Crippen LogP contribution in [0.25, 0.3) is 27.5 Å². The van der Waals surface area contributed by atoms with E-state index in [-0.39, 0.29) is 5.91 Å². The van der Waals surface area contributed by atoms with Crippen LogP contribution in [0.4, 0.5) is 0 Å². The summed E-state index contributed by atoms with van der Waals surface area (Å²) in [5.74, 6) is 5.40. The normalized spacial score (nSPS) is 15.5. The Labute approximate surface area is 161 Å². The van der Waals surface area contributed by atoms with Gasteiger partial charge in [-0.15, -0.1) is 0 Å². The number of carbonyl (C=O) groups is 2. The highest BCUT2D eigenvalue weighted by Gasteiger charge is 2.52. The van der Waals surface area contributed by atoms with Crippen molar-refractivity contribution >= 4 is 39.3 Å². The number of primary amides is 1. The van der Waals surface area contributed by atoms with E-state index >= 15 is 0 Å². The number of allylic oxidation sites excluding steroid dienone is 1. The monoisotopic (exact) mass is 375 g/mol. The van der Waals surface area contributed by atoms with Crippen LogP contribution in [0.15, 0.2) is 61.3 Å². The number of hydrogen-bond acceptors (Lipinski definition) is 5. The minimum absolute atomic E-state index is 0.225. The van der Waals surface area contributed by atoms with Crippen molar-refractivity contribution in [2.75, 3.05) is 0 Å². The molecular formula is C21H21N5O2. The number of carbonyl (C=O) groups excluding carboxylic acids is 2. The number of nitrogens with zero attached hydrogens (tertiary/aromatic N) is 2. The maximum absolute atomic E-state index is 12.5. The molecule has 1 fully saturated rings. The van der Waals surface area contributed by atoms with Gasteiger partial charge in [0.25, 0.3) is 5.91 Å². The van der Waals surface area contributed by atoms with Crippen molar-refractivity contribution < 1.29 is 9.59 Å². The molecular weight excluding hydrogens is 354 g/mol. The highest BCUT2D eigenvalue weighted by atomic mass is 16.2. The summed E-state index contributed by atoms with van der Waals surface area (Å²) in [4.78, 5) is 24.2. The Hall–Kier alpha value is -3.58. The van der Waals surface area contributed by atoms with Gasteiger partial charge in [0.05, 0.1) is 16.7 Å². The number of rotatable bonds is 5. The van der Waals surface area contributed by atoms with Crippen molar-refractivity contribution in [3.05, 3.63) is 66.9 Å². The van der Waals surface area contributed by atoms with E-state index < -0.39 is 11.4 Å². The van der Waals surface area contributed by atoms with Crippen LogP contribution < -0.4 is 17.3 Å². The number of amides is 1. The Balaban J connectivity index is 1.94. The van der Waals surface area contributed by atoms with Crippen LogP contribution in [0.2, 0.25) is 0 Å². The predicted octanol–water partition coefficient (Wildman–Crippen LogP) is 2.07. The van der Waals surface area contributed by atoms with Crippen LogP contribution in [0.5, 0.6) is 0 Å². The Morgan fingerprint density at radius 2 is 1.75 bits per heavy atom. The second-order valence-corrected chi connectivity index (χ2v) is 6.98. The van der Waals surface area contributed by atoms with Gasteiger partial charge in [-0.25, -0.2) is 5.84 Å². The van der Waals surface area contributed by atoms with Gasteiger partial charge < -0.3 is 16.5 Å². The minimum atomic E-state index is -0.870. The van der Waals surface area contributed by atoms with Gasteiger partial charge >= 0.3 is 0 Å². The fraction of sp³-hybridized carbons (Fsp3) is 0.143. The molecule has 7 nitrogen and oxygen atoms in total. The summed E-state index contributed by atoms with van der Waals surface area (Å²) in [5, 5.41) is 3.02. The molecule has 28 heavy (non-hydrogen) atoms. The summed E-state index contributed by atoms with van der Waals surface area (Å²) in [6, 6.07) is 13.1. The second-order valence-electron chi connectivity index (χ2n) is 6.98. The predicted molar refractivity (Wildman–Crippen MR) is 110 cm³/mol. The Kier molecular flexibility index (Phi) is 3.97. The SMILES string of the molecule is C=CC(=O)n1c2ccccc2c2c(/C(N)=C/N(N)C3(C(N)=O)CC3)cccc21. The quantitative estimate of drug-likeness (QED) is 0.358. The number of nitrogens with two attached hydrogens (primary N) is 3. The molecule has 2 aromatic carbocycles. The largest absolute Gasteiger partial charge is 0.397 e. The summed E-state index contributed by atoms with van der Waals surface area (Å²) in [6.45, 7) is 3.60. The molecule has 6 N–H and O–H groups in total. The van der Waals surface area contributed by atoms with Crippen molar-refractivity contribution in [3.63, 3.8) is 0 Å². The lowest BCUT2D eigenvalue weighted by molar-refractivity contribution is -0.123. The van der Waals surface area contributed by atoms with Gasteiger partial charge in [-0.3, -0.25) is 14.2 Å². The average molecular weight is 375 g/mol. The van der Waals surface area contributed by atoms with Crippen molar-refractivity contribution in [1.29, 1.82) is 0 Å². The molecule has 0 spiro atoms. The first-order chi connectivity index (χ1) is 13.4. The summed E-state index contributed by atoms with van der Waals surface area (Å²) >= 11 is 0. The van der Waals surface area contributed by atoms with Crippen LogP contribution in [-0.2, 0) is 4.79 Å². The highest BCUT2D eigenvalue weighted by Crippen LogP contribution is 2.40. The first-order valence-electron chi connectivity index (χ1n) is 8.91. The third kappa shape index (κ3) is 2.48. The van der Waals surface area contributed by atoms with Crippen LogP contribution in [0, 0.1) is 0 Å². The lowest BCUT2D eigenvalue weighted by atomic mass is 10.0. The Morgan fingerprint density at radius 3 is 2.39 bits per heavy atom. The van der Waals surface area contributed by atoms with Gasteiger partial charge in [0.2, 0.25) is 5.91 Å². The number of hydrogen-bond donors (Lipinski definition) is 3. The van der Waals surface area contributed by atoms with Gasteiger partial charge in [-0.05, 0) is 31.1 Å². The van der Waals surface area contributed by atoms with Crippen molar-refractivity contribution in [2.45, 2.75) is 18.4 Å². The topological polar surface area (TPSA) is 120 Å². The number of para-hydroxylation sites is 1. The first-order valence-corrected chi connectivity index (χ1v) is 8.91. The van der Waals surface area contributed by atoms with Crippen LogP contribution in [0.1, 0.15) is 23.2 Å². The molecule has 7 heteroatoms. The molecule has 0 radical (unpaired) electrons. The molecule has 3 aromatic rings. The van der Waals surface area contributed by atoms with E-state index in [1.165, 1.54) is 17.3 Å². The van der Waals surface area contributed by atoms with Gasteiger partial charge in [0, 0.05) is 22.5 Å². The van der Waals surface area contributed by atoms with E-state index in [1.54, 1.807) is 4.57 Å². The van der Waals surface area contributed by atoms with E-state index in [9.17, 15) is 9.59 Å². The van der Waals surface area contributed by atoms with Crippen LogP contribution >= 0.6 is 0 Å². The van der Waals surface area contributed by atoms with E-state index in [1.807, 2.05) is 42.5 Å². The lowest BCUT2D eigenvalue weighted by Crippen LogP contribution is -2.48.